The predicted octanol–water partition coefficient (Wildman–Crippen LogP) is 1.63. The largest absolute Gasteiger partial charge is 0.504 e. The van der Waals surface area contributed by atoms with Gasteiger partial charge in [-0.05, 0) is 38.5 Å². The van der Waals surface area contributed by atoms with E-state index in [0.717, 1.165) is 44.2 Å². The quantitative estimate of drug-likeness (QED) is 0.289. The van der Waals surface area contributed by atoms with Crippen LogP contribution in [0.25, 0.3) is 0 Å². The van der Waals surface area contributed by atoms with Crippen molar-refractivity contribution in [3.8, 4) is 11.5 Å². The maximum atomic E-state index is 11.9. The van der Waals surface area contributed by atoms with Gasteiger partial charge in [-0.2, -0.15) is 0 Å². The summed E-state index contributed by atoms with van der Waals surface area (Å²) in [6, 6.07) is 5.49. The van der Waals surface area contributed by atoms with Crippen molar-refractivity contribution in [2.45, 2.75) is 33.4 Å². The zero-order chi connectivity index (χ0) is 20.5. The second-order valence-corrected chi connectivity index (χ2v) is 7.16. The molecule has 0 aromatic heterocycles. The van der Waals surface area contributed by atoms with E-state index >= 15 is 0 Å². The monoisotopic (exact) mass is 519 g/mol. The van der Waals surface area contributed by atoms with Gasteiger partial charge in [0.15, 0.2) is 17.5 Å². The predicted molar refractivity (Wildman–Crippen MR) is 126 cm³/mol. The number of aliphatic imine (C=N–C) groups is 1. The summed E-state index contributed by atoms with van der Waals surface area (Å²) in [5, 5.41) is 16.2. The van der Waals surface area contributed by atoms with Crippen LogP contribution in [0.15, 0.2) is 23.2 Å². The molecule has 0 aliphatic carbocycles. The molecule has 0 bridgehead atoms. The van der Waals surface area contributed by atoms with Gasteiger partial charge in [0.1, 0.15) is 0 Å². The third-order valence-electron chi connectivity index (χ3n) is 4.48. The molecule has 1 aromatic rings. The van der Waals surface area contributed by atoms with Gasteiger partial charge in [-0.15, -0.1) is 24.0 Å². The zero-order valence-electron chi connectivity index (χ0n) is 17.8. The van der Waals surface area contributed by atoms with E-state index in [0.29, 0.717) is 18.8 Å². The molecule has 164 valence electrons. The molecule has 8 nitrogen and oxygen atoms in total. The molecular weight excluding hydrogens is 485 g/mol. The Morgan fingerprint density at radius 2 is 1.97 bits per heavy atom. The number of amides is 1. The minimum absolute atomic E-state index is 0. The lowest BCUT2D eigenvalue weighted by Gasteiger charge is -2.36. The van der Waals surface area contributed by atoms with E-state index in [9.17, 15) is 9.90 Å². The first kappa shape index (κ1) is 25.3. The van der Waals surface area contributed by atoms with E-state index in [1.165, 1.54) is 7.11 Å². The minimum Gasteiger partial charge on any atom is -0.504 e. The highest BCUT2D eigenvalue weighted by molar-refractivity contribution is 14.0. The average molecular weight is 519 g/mol. The number of benzene rings is 1. The van der Waals surface area contributed by atoms with Crippen molar-refractivity contribution in [1.29, 1.82) is 0 Å². The normalized spacial score (nSPS) is 15.1. The van der Waals surface area contributed by atoms with Crippen LogP contribution in [0, 0.1) is 0 Å². The van der Waals surface area contributed by atoms with Crippen LogP contribution in [0.3, 0.4) is 0 Å². The highest BCUT2D eigenvalue weighted by atomic mass is 127. The van der Waals surface area contributed by atoms with Gasteiger partial charge in [0.25, 0.3) is 0 Å². The third kappa shape index (κ3) is 8.25. The fourth-order valence-corrected chi connectivity index (χ4v) is 3.11. The summed E-state index contributed by atoms with van der Waals surface area (Å²) in [5.74, 6) is 1.50. The number of carbonyl (C=O) groups is 1. The molecule has 1 saturated heterocycles. The second-order valence-electron chi connectivity index (χ2n) is 7.16. The number of nitrogens with zero attached hydrogens (tertiary/aromatic N) is 3. The van der Waals surface area contributed by atoms with E-state index in [2.05, 4.69) is 20.4 Å². The Kier molecular flexibility index (Phi) is 11.1. The first-order chi connectivity index (χ1) is 13.4. The lowest BCUT2D eigenvalue weighted by molar-refractivity contribution is -0.123. The standard InChI is InChI=1S/C20H33N5O3.HI/c1-5-21-20(22-13-16-6-7-18(28-4)17(26)12-16)25-10-8-24(9-11-25)14-19(27)23-15(2)3;/h6-7,12,15,26H,5,8-11,13-14H2,1-4H3,(H,21,22)(H,23,27);1H. The van der Waals surface area contributed by atoms with Crippen LogP contribution in [0.4, 0.5) is 0 Å². The molecule has 29 heavy (non-hydrogen) atoms. The number of nitrogens with one attached hydrogen (secondary N) is 2. The topological polar surface area (TPSA) is 89.4 Å². The number of phenolic OH excluding ortho intramolecular Hbond substituents is 1. The van der Waals surface area contributed by atoms with E-state index in [4.69, 9.17) is 9.73 Å². The number of carbonyl (C=O) groups excluding carboxylic acids is 1. The summed E-state index contributed by atoms with van der Waals surface area (Å²) in [6.45, 7) is 10.9. The Bertz CT molecular complexity index is 676. The number of halogens is 1. The smallest absolute Gasteiger partial charge is 0.234 e. The summed E-state index contributed by atoms with van der Waals surface area (Å²) in [5.41, 5.74) is 0.915. The Hall–Kier alpha value is -1.75. The van der Waals surface area contributed by atoms with Crippen molar-refractivity contribution < 1.29 is 14.6 Å². The number of phenols is 1. The van der Waals surface area contributed by atoms with Crippen molar-refractivity contribution in [3.05, 3.63) is 23.8 Å². The van der Waals surface area contributed by atoms with Gasteiger partial charge in [0.2, 0.25) is 5.91 Å². The number of aromatic hydroxyl groups is 1. The molecule has 0 unspecified atom stereocenters. The van der Waals surface area contributed by atoms with Crippen molar-refractivity contribution >= 4 is 35.8 Å². The highest BCUT2D eigenvalue weighted by Crippen LogP contribution is 2.26. The number of methoxy groups -OCH3 is 1. The second kappa shape index (κ2) is 12.7. The van der Waals surface area contributed by atoms with Gasteiger partial charge in [0.05, 0.1) is 20.2 Å². The van der Waals surface area contributed by atoms with Crippen LogP contribution in [-0.2, 0) is 11.3 Å². The summed E-state index contributed by atoms with van der Waals surface area (Å²) in [4.78, 5) is 21.0. The minimum atomic E-state index is 0. The number of piperazine rings is 1. The molecule has 0 radical (unpaired) electrons. The van der Waals surface area contributed by atoms with Gasteiger partial charge in [-0.25, -0.2) is 4.99 Å². The molecule has 1 aliphatic rings. The SMILES string of the molecule is CCNC(=NCc1ccc(OC)c(O)c1)N1CCN(CC(=O)NC(C)C)CC1.I. The molecule has 0 saturated carbocycles. The van der Waals surface area contributed by atoms with Gasteiger partial charge in [0, 0.05) is 38.8 Å². The molecule has 1 aliphatic heterocycles. The maximum Gasteiger partial charge on any atom is 0.234 e. The summed E-state index contributed by atoms with van der Waals surface area (Å²) in [6.07, 6.45) is 0. The Morgan fingerprint density at radius 1 is 1.28 bits per heavy atom. The first-order valence-corrected chi connectivity index (χ1v) is 9.83. The molecule has 3 N–H and O–H groups in total. The van der Waals surface area contributed by atoms with Crippen LogP contribution in [-0.4, -0.2) is 79.2 Å². The van der Waals surface area contributed by atoms with Gasteiger partial charge in [-0.1, -0.05) is 6.07 Å². The Labute approximate surface area is 190 Å². The van der Waals surface area contributed by atoms with Crippen molar-refractivity contribution in [1.82, 2.24) is 20.4 Å². The van der Waals surface area contributed by atoms with Crippen LogP contribution >= 0.6 is 24.0 Å². The molecule has 1 amide bonds. The first-order valence-electron chi connectivity index (χ1n) is 9.83. The molecule has 2 rings (SSSR count). The van der Waals surface area contributed by atoms with Gasteiger partial charge >= 0.3 is 0 Å². The Balaban J connectivity index is 0.00000420. The fraction of sp³-hybridized carbons (Fsp3) is 0.600. The van der Waals surface area contributed by atoms with Gasteiger partial charge in [-0.3, -0.25) is 9.69 Å². The lowest BCUT2D eigenvalue weighted by atomic mass is 10.2. The summed E-state index contributed by atoms with van der Waals surface area (Å²) in [7, 11) is 1.53. The molecule has 0 spiro atoms. The number of hydrogen-bond donors (Lipinski definition) is 3. The number of rotatable bonds is 7. The summed E-state index contributed by atoms with van der Waals surface area (Å²) >= 11 is 0. The van der Waals surface area contributed by atoms with Gasteiger partial charge < -0.3 is 25.4 Å². The Morgan fingerprint density at radius 3 is 2.52 bits per heavy atom. The van der Waals surface area contributed by atoms with Crippen molar-refractivity contribution in [2.24, 2.45) is 4.99 Å². The van der Waals surface area contributed by atoms with Crippen LogP contribution in [0.5, 0.6) is 11.5 Å². The third-order valence-corrected chi connectivity index (χ3v) is 4.48. The van der Waals surface area contributed by atoms with Crippen molar-refractivity contribution in [2.75, 3.05) is 46.4 Å². The van der Waals surface area contributed by atoms with Crippen LogP contribution in [0.1, 0.15) is 26.3 Å². The average Bonchev–Trinajstić information content (AvgIpc) is 2.65. The van der Waals surface area contributed by atoms with E-state index in [1.54, 1.807) is 12.1 Å². The molecule has 1 fully saturated rings. The molecule has 1 aromatic carbocycles. The van der Waals surface area contributed by atoms with E-state index in [1.807, 2.05) is 26.8 Å². The van der Waals surface area contributed by atoms with E-state index < -0.39 is 0 Å². The molecular formula is C20H34IN5O3. The molecule has 0 atom stereocenters. The summed E-state index contributed by atoms with van der Waals surface area (Å²) < 4.78 is 5.08. The number of ether oxygens (including phenoxy) is 1. The number of guanidine groups is 1. The van der Waals surface area contributed by atoms with Crippen LogP contribution in [0.2, 0.25) is 0 Å². The zero-order valence-corrected chi connectivity index (χ0v) is 20.1. The van der Waals surface area contributed by atoms with Crippen molar-refractivity contribution in [3.63, 3.8) is 0 Å². The maximum absolute atomic E-state index is 11.9. The van der Waals surface area contributed by atoms with E-state index in [-0.39, 0.29) is 41.7 Å². The molecule has 9 heteroatoms. The fourth-order valence-electron chi connectivity index (χ4n) is 3.11. The van der Waals surface area contributed by atoms with Crippen LogP contribution < -0.4 is 15.4 Å². The highest BCUT2D eigenvalue weighted by Gasteiger charge is 2.21. The molecule has 1 heterocycles. The lowest BCUT2D eigenvalue weighted by Crippen LogP contribution is -2.54. The number of hydrogen-bond acceptors (Lipinski definition) is 5.